The van der Waals surface area contributed by atoms with Crippen LogP contribution in [0.4, 0.5) is 0 Å². The number of aromatic hydroxyl groups is 1. The van der Waals surface area contributed by atoms with Gasteiger partial charge in [0.2, 0.25) is 0 Å². The van der Waals surface area contributed by atoms with Crippen LogP contribution in [0.3, 0.4) is 0 Å². The molecule has 1 aromatic rings. The van der Waals surface area contributed by atoms with Crippen LogP contribution in [0.25, 0.3) is 0 Å². The van der Waals surface area contributed by atoms with E-state index in [1.807, 2.05) is 12.1 Å². The number of aliphatic imine (C=N–C) groups is 1. The van der Waals surface area contributed by atoms with E-state index in [4.69, 9.17) is 10.8 Å². The quantitative estimate of drug-likeness (QED) is 0.579. The number of hydrogen-bond acceptors (Lipinski definition) is 4. The zero-order valence-electron chi connectivity index (χ0n) is 7.07. The minimum Gasteiger partial charge on any atom is -0.508 e. The molecule has 4 nitrogen and oxygen atoms in total. The Balaban J connectivity index is 2.14. The molecule has 0 unspecified atom stereocenters. The van der Waals surface area contributed by atoms with Crippen molar-refractivity contribution in [2.24, 2.45) is 10.7 Å². The van der Waals surface area contributed by atoms with Crippen molar-refractivity contribution in [3.05, 3.63) is 29.8 Å². The molecule has 4 N–H and O–H groups in total. The van der Waals surface area contributed by atoms with E-state index in [0.29, 0.717) is 12.5 Å². The van der Waals surface area contributed by atoms with Gasteiger partial charge in [0.15, 0.2) is 5.96 Å². The average Bonchev–Trinajstić information content (AvgIpc) is 2.53. The van der Waals surface area contributed by atoms with E-state index in [1.165, 1.54) is 0 Å². The SMILES string of the molecule is NC1=NC[C@@H](c2ccc(O)cc2)N1. The summed E-state index contributed by atoms with van der Waals surface area (Å²) in [7, 11) is 0. The molecule has 0 amide bonds. The summed E-state index contributed by atoms with van der Waals surface area (Å²) in [6.45, 7) is 0.663. The first-order valence-electron chi connectivity index (χ1n) is 4.11. The van der Waals surface area contributed by atoms with Crippen LogP contribution in [-0.2, 0) is 0 Å². The van der Waals surface area contributed by atoms with Crippen molar-refractivity contribution >= 4 is 5.96 Å². The summed E-state index contributed by atoms with van der Waals surface area (Å²) < 4.78 is 0. The predicted molar refractivity (Wildman–Crippen MR) is 50.5 cm³/mol. The molecule has 1 aliphatic heterocycles. The fraction of sp³-hybridized carbons (Fsp3) is 0.222. The molecule has 0 spiro atoms. The van der Waals surface area contributed by atoms with Gasteiger partial charge in [-0.25, -0.2) is 0 Å². The Kier molecular flexibility index (Phi) is 1.81. The summed E-state index contributed by atoms with van der Waals surface area (Å²) in [5.41, 5.74) is 6.57. The number of nitrogens with one attached hydrogen (secondary N) is 1. The summed E-state index contributed by atoms with van der Waals surface area (Å²) in [4.78, 5) is 4.04. The molecular formula is C9H11N3O. The number of nitrogens with zero attached hydrogens (tertiary/aromatic N) is 1. The van der Waals surface area contributed by atoms with Gasteiger partial charge < -0.3 is 16.2 Å². The first kappa shape index (κ1) is 7.91. The molecule has 1 atom stereocenters. The van der Waals surface area contributed by atoms with Crippen LogP contribution in [0, 0.1) is 0 Å². The molecular weight excluding hydrogens is 166 g/mol. The van der Waals surface area contributed by atoms with E-state index < -0.39 is 0 Å². The standard InChI is InChI=1S/C9H11N3O/c10-9-11-5-8(12-9)6-1-3-7(13)4-2-6/h1-4,8,13H,5H2,(H3,10,11,12)/t8-/m0/s1. The van der Waals surface area contributed by atoms with Gasteiger partial charge in [-0.2, -0.15) is 0 Å². The van der Waals surface area contributed by atoms with Crippen molar-refractivity contribution in [3.8, 4) is 5.75 Å². The maximum Gasteiger partial charge on any atom is 0.189 e. The third-order valence-corrected chi connectivity index (χ3v) is 2.06. The molecule has 68 valence electrons. The van der Waals surface area contributed by atoms with Crippen molar-refractivity contribution in [2.45, 2.75) is 6.04 Å². The van der Waals surface area contributed by atoms with Crippen LogP contribution in [0.5, 0.6) is 5.75 Å². The van der Waals surface area contributed by atoms with Crippen LogP contribution in [0.15, 0.2) is 29.3 Å². The Labute approximate surface area is 76.1 Å². The zero-order chi connectivity index (χ0) is 9.26. The van der Waals surface area contributed by atoms with Crippen LogP contribution >= 0.6 is 0 Å². The highest BCUT2D eigenvalue weighted by atomic mass is 16.3. The number of guanidine groups is 1. The number of phenolic OH excluding ortho intramolecular Hbond substituents is 1. The number of nitrogens with two attached hydrogens (primary N) is 1. The highest BCUT2D eigenvalue weighted by molar-refractivity contribution is 5.80. The number of hydrogen-bond donors (Lipinski definition) is 3. The first-order valence-corrected chi connectivity index (χ1v) is 4.11. The van der Waals surface area contributed by atoms with E-state index in [2.05, 4.69) is 10.3 Å². The summed E-state index contributed by atoms with van der Waals surface area (Å²) in [6, 6.07) is 7.19. The smallest absolute Gasteiger partial charge is 0.189 e. The monoisotopic (exact) mass is 177 g/mol. The van der Waals surface area contributed by atoms with E-state index in [-0.39, 0.29) is 11.8 Å². The number of phenols is 1. The first-order chi connectivity index (χ1) is 6.25. The van der Waals surface area contributed by atoms with Crippen molar-refractivity contribution < 1.29 is 5.11 Å². The van der Waals surface area contributed by atoms with Gasteiger partial charge in [-0.1, -0.05) is 12.1 Å². The second kappa shape index (κ2) is 2.97. The molecule has 13 heavy (non-hydrogen) atoms. The maximum atomic E-state index is 9.08. The lowest BCUT2D eigenvalue weighted by Gasteiger charge is -2.10. The van der Waals surface area contributed by atoms with Crippen LogP contribution in [0.2, 0.25) is 0 Å². The summed E-state index contributed by atoms with van der Waals surface area (Å²) in [6.07, 6.45) is 0. The number of rotatable bonds is 1. The van der Waals surface area contributed by atoms with Gasteiger partial charge in [0.05, 0.1) is 12.6 Å². The molecule has 0 saturated heterocycles. The van der Waals surface area contributed by atoms with Crippen molar-refractivity contribution in [3.63, 3.8) is 0 Å². The molecule has 0 fully saturated rings. The van der Waals surface area contributed by atoms with Gasteiger partial charge in [-0.15, -0.1) is 0 Å². The van der Waals surface area contributed by atoms with E-state index in [0.717, 1.165) is 5.56 Å². The average molecular weight is 177 g/mol. The lowest BCUT2D eigenvalue weighted by Crippen LogP contribution is -2.29. The molecule has 0 bridgehead atoms. The normalized spacial score (nSPS) is 20.9. The Morgan fingerprint density at radius 3 is 2.62 bits per heavy atom. The topological polar surface area (TPSA) is 70.6 Å². The Morgan fingerprint density at radius 1 is 1.38 bits per heavy atom. The third-order valence-electron chi connectivity index (χ3n) is 2.06. The fourth-order valence-corrected chi connectivity index (χ4v) is 1.35. The van der Waals surface area contributed by atoms with Crippen molar-refractivity contribution in [1.29, 1.82) is 0 Å². The highest BCUT2D eigenvalue weighted by Gasteiger charge is 2.16. The molecule has 0 aliphatic carbocycles. The lowest BCUT2D eigenvalue weighted by molar-refractivity contribution is 0.475. The Hall–Kier alpha value is -1.71. The summed E-state index contributed by atoms with van der Waals surface area (Å²) in [5, 5.41) is 12.1. The minimum atomic E-state index is 0.153. The maximum absolute atomic E-state index is 9.08. The molecule has 1 aliphatic rings. The zero-order valence-corrected chi connectivity index (χ0v) is 7.07. The van der Waals surface area contributed by atoms with E-state index in [9.17, 15) is 0 Å². The van der Waals surface area contributed by atoms with Crippen LogP contribution in [-0.4, -0.2) is 17.6 Å². The molecule has 1 aromatic carbocycles. The summed E-state index contributed by atoms with van der Waals surface area (Å²) in [5.74, 6) is 0.758. The molecule has 4 heteroatoms. The van der Waals surface area contributed by atoms with E-state index >= 15 is 0 Å². The van der Waals surface area contributed by atoms with Gasteiger partial charge in [0.1, 0.15) is 5.75 Å². The van der Waals surface area contributed by atoms with E-state index in [1.54, 1.807) is 12.1 Å². The molecule has 1 heterocycles. The highest BCUT2D eigenvalue weighted by Crippen LogP contribution is 2.18. The van der Waals surface area contributed by atoms with Crippen molar-refractivity contribution in [1.82, 2.24) is 5.32 Å². The fourth-order valence-electron chi connectivity index (χ4n) is 1.35. The van der Waals surface area contributed by atoms with Gasteiger partial charge in [-0.05, 0) is 17.7 Å². The van der Waals surface area contributed by atoms with Crippen molar-refractivity contribution in [2.75, 3.05) is 6.54 Å². The Bertz CT molecular complexity index is 331. The molecule has 0 saturated carbocycles. The Morgan fingerprint density at radius 2 is 2.08 bits per heavy atom. The van der Waals surface area contributed by atoms with Gasteiger partial charge in [0.25, 0.3) is 0 Å². The molecule has 0 aromatic heterocycles. The third kappa shape index (κ3) is 1.56. The number of benzene rings is 1. The second-order valence-electron chi connectivity index (χ2n) is 3.01. The largest absolute Gasteiger partial charge is 0.508 e. The lowest BCUT2D eigenvalue weighted by atomic mass is 10.1. The molecule has 0 radical (unpaired) electrons. The van der Waals surface area contributed by atoms with Gasteiger partial charge in [-0.3, -0.25) is 4.99 Å². The second-order valence-corrected chi connectivity index (χ2v) is 3.01. The van der Waals surface area contributed by atoms with Crippen LogP contribution in [0.1, 0.15) is 11.6 Å². The van der Waals surface area contributed by atoms with Crippen LogP contribution < -0.4 is 11.1 Å². The summed E-state index contributed by atoms with van der Waals surface area (Å²) >= 11 is 0. The molecule has 2 rings (SSSR count). The predicted octanol–water partition coefficient (Wildman–Crippen LogP) is 0.351. The van der Waals surface area contributed by atoms with Gasteiger partial charge in [0, 0.05) is 0 Å². The van der Waals surface area contributed by atoms with Gasteiger partial charge >= 0.3 is 0 Å². The minimum absolute atomic E-state index is 0.153.